The number of aromatic nitrogens is 2. The van der Waals surface area contributed by atoms with E-state index in [-0.39, 0.29) is 0 Å². The Balaban J connectivity index is 1.82. The van der Waals surface area contributed by atoms with Crippen LogP contribution in [0.5, 0.6) is 0 Å². The van der Waals surface area contributed by atoms with Crippen molar-refractivity contribution >= 4 is 28.2 Å². The van der Waals surface area contributed by atoms with E-state index in [2.05, 4.69) is 15.5 Å². The molecule has 0 spiro atoms. The Kier molecular flexibility index (Phi) is 3.82. The zero-order valence-electron chi connectivity index (χ0n) is 9.06. The van der Waals surface area contributed by atoms with E-state index in [1.165, 1.54) is 19.4 Å². The molecule has 1 N–H and O–H groups in total. The van der Waals surface area contributed by atoms with Gasteiger partial charge in [0.15, 0.2) is 4.34 Å². The smallest absolute Gasteiger partial charge is 0.208 e. The molecule has 1 saturated heterocycles. The number of hydrogen-bond donors (Lipinski definition) is 1. The van der Waals surface area contributed by atoms with Gasteiger partial charge in [0.2, 0.25) is 5.13 Å². The zero-order chi connectivity index (χ0) is 10.7. The number of hydrogen-bond acceptors (Lipinski definition) is 6. The standard InChI is InChI=1S/C9H16N4S2/c1-13(2)8-11-12-9(15-8)14-6-7-4-3-5-10-7/h7,10H,3-6H2,1-2H3/t7-/m0/s1. The second-order valence-electron chi connectivity index (χ2n) is 3.85. The third kappa shape index (κ3) is 3.06. The summed E-state index contributed by atoms with van der Waals surface area (Å²) >= 11 is 3.47. The highest BCUT2D eigenvalue weighted by molar-refractivity contribution is 8.01. The van der Waals surface area contributed by atoms with Crippen molar-refractivity contribution in [2.75, 3.05) is 31.3 Å². The average molecular weight is 244 g/mol. The molecule has 2 heterocycles. The van der Waals surface area contributed by atoms with Crippen molar-refractivity contribution in [1.82, 2.24) is 15.5 Å². The minimum Gasteiger partial charge on any atom is -0.353 e. The Bertz CT molecular complexity index is 307. The van der Waals surface area contributed by atoms with Crippen molar-refractivity contribution in [3.05, 3.63) is 0 Å². The van der Waals surface area contributed by atoms with Gasteiger partial charge in [-0.15, -0.1) is 10.2 Å². The molecule has 0 saturated carbocycles. The minimum atomic E-state index is 0.668. The van der Waals surface area contributed by atoms with E-state index in [4.69, 9.17) is 0 Å². The third-order valence-corrected chi connectivity index (χ3v) is 4.74. The molecule has 4 nitrogen and oxygen atoms in total. The van der Waals surface area contributed by atoms with Crippen molar-refractivity contribution in [2.24, 2.45) is 0 Å². The number of thioether (sulfide) groups is 1. The first-order valence-corrected chi connectivity index (χ1v) is 6.93. The molecular formula is C9H16N4S2. The normalized spacial score (nSPS) is 20.8. The van der Waals surface area contributed by atoms with E-state index in [0.717, 1.165) is 15.2 Å². The molecule has 1 aromatic heterocycles. The zero-order valence-corrected chi connectivity index (χ0v) is 10.7. The van der Waals surface area contributed by atoms with Gasteiger partial charge in [0, 0.05) is 25.9 Å². The van der Waals surface area contributed by atoms with Crippen molar-refractivity contribution in [3.63, 3.8) is 0 Å². The molecule has 1 aliphatic heterocycles. The second-order valence-corrected chi connectivity index (χ2v) is 6.07. The lowest BCUT2D eigenvalue weighted by Crippen LogP contribution is -2.23. The summed E-state index contributed by atoms with van der Waals surface area (Å²) < 4.78 is 1.08. The topological polar surface area (TPSA) is 41.1 Å². The van der Waals surface area contributed by atoms with Crippen LogP contribution in [-0.4, -0.2) is 42.6 Å². The van der Waals surface area contributed by atoms with Crippen LogP contribution in [0.3, 0.4) is 0 Å². The third-order valence-electron chi connectivity index (χ3n) is 2.35. The summed E-state index contributed by atoms with van der Waals surface area (Å²) in [5.74, 6) is 1.11. The van der Waals surface area contributed by atoms with Gasteiger partial charge in [-0.3, -0.25) is 0 Å². The molecule has 15 heavy (non-hydrogen) atoms. The van der Waals surface area contributed by atoms with Gasteiger partial charge in [0.05, 0.1) is 0 Å². The van der Waals surface area contributed by atoms with E-state index >= 15 is 0 Å². The fourth-order valence-corrected chi connectivity index (χ4v) is 3.40. The summed E-state index contributed by atoms with van der Waals surface area (Å²) in [6, 6.07) is 0.668. The molecule has 0 radical (unpaired) electrons. The van der Waals surface area contributed by atoms with Gasteiger partial charge in [-0.05, 0) is 19.4 Å². The summed E-state index contributed by atoms with van der Waals surface area (Å²) in [6.07, 6.45) is 2.61. The lowest BCUT2D eigenvalue weighted by Gasteiger charge is -2.06. The Hall–Kier alpha value is -0.330. The fraction of sp³-hybridized carbons (Fsp3) is 0.778. The molecule has 1 aromatic rings. The molecule has 1 fully saturated rings. The largest absolute Gasteiger partial charge is 0.353 e. The first kappa shape index (κ1) is 11.2. The average Bonchev–Trinajstić information content (AvgIpc) is 2.86. The maximum Gasteiger partial charge on any atom is 0.208 e. The lowest BCUT2D eigenvalue weighted by molar-refractivity contribution is 0.674. The number of nitrogens with zero attached hydrogens (tertiary/aromatic N) is 3. The molecule has 84 valence electrons. The first-order valence-electron chi connectivity index (χ1n) is 5.13. The summed E-state index contributed by atoms with van der Waals surface area (Å²) in [7, 11) is 3.99. The summed E-state index contributed by atoms with van der Waals surface area (Å²) in [5.41, 5.74) is 0. The van der Waals surface area contributed by atoms with Crippen LogP contribution in [0.4, 0.5) is 5.13 Å². The molecule has 1 atom stereocenters. The fourth-order valence-electron chi connectivity index (χ4n) is 1.51. The highest BCUT2D eigenvalue weighted by atomic mass is 32.2. The molecule has 0 unspecified atom stereocenters. The van der Waals surface area contributed by atoms with Gasteiger partial charge in [-0.1, -0.05) is 23.1 Å². The first-order chi connectivity index (χ1) is 7.25. The number of nitrogens with one attached hydrogen (secondary N) is 1. The molecule has 2 rings (SSSR count). The van der Waals surface area contributed by atoms with Crippen LogP contribution in [-0.2, 0) is 0 Å². The van der Waals surface area contributed by atoms with Crippen LogP contribution < -0.4 is 10.2 Å². The van der Waals surface area contributed by atoms with Gasteiger partial charge in [0.25, 0.3) is 0 Å². The summed E-state index contributed by atoms with van der Waals surface area (Å²) in [4.78, 5) is 2.00. The van der Waals surface area contributed by atoms with E-state index < -0.39 is 0 Å². The summed E-state index contributed by atoms with van der Waals surface area (Å²) in [5, 5.41) is 12.7. The monoisotopic (exact) mass is 244 g/mol. The van der Waals surface area contributed by atoms with E-state index in [0.29, 0.717) is 6.04 Å². The van der Waals surface area contributed by atoms with Gasteiger partial charge < -0.3 is 10.2 Å². The highest BCUT2D eigenvalue weighted by Gasteiger charge is 2.15. The van der Waals surface area contributed by atoms with Crippen molar-refractivity contribution < 1.29 is 0 Å². The Morgan fingerprint density at radius 2 is 2.40 bits per heavy atom. The SMILES string of the molecule is CN(C)c1nnc(SC[C@@H]2CCCN2)s1. The molecule has 1 aliphatic rings. The van der Waals surface area contributed by atoms with Crippen LogP contribution in [0.25, 0.3) is 0 Å². The predicted octanol–water partition coefficient (Wildman–Crippen LogP) is 1.45. The number of rotatable bonds is 4. The van der Waals surface area contributed by atoms with Crippen molar-refractivity contribution in [2.45, 2.75) is 23.2 Å². The predicted molar refractivity (Wildman–Crippen MR) is 66.0 cm³/mol. The van der Waals surface area contributed by atoms with Crippen molar-refractivity contribution in [3.8, 4) is 0 Å². The van der Waals surface area contributed by atoms with Crippen LogP contribution in [0, 0.1) is 0 Å². The summed E-state index contributed by atoms with van der Waals surface area (Å²) in [6.45, 7) is 1.17. The molecule has 0 bridgehead atoms. The number of anilines is 1. The van der Waals surface area contributed by atoms with E-state index in [1.54, 1.807) is 11.3 Å². The molecule has 0 aromatic carbocycles. The Morgan fingerprint density at radius 3 is 3.00 bits per heavy atom. The van der Waals surface area contributed by atoms with Crippen LogP contribution in [0.2, 0.25) is 0 Å². The van der Waals surface area contributed by atoms with Gasteiger partial charge >= 0.3 is 0 Å². The molecule has 0 aliphatic carbocycles. The lowest BCUT2D eigenvalue weighted by atomic mass is 10.3. The van der Waals surface area contributed by atoms with Crippen LogP contribution in [0.15, 0.2) is 4.34 Å². The quantitative estimate of drug-likeness (QED) is 0.812. The van der Waals surface area contributed by atoms with Crippen LogP contribution >= 0.6 is 23.1 Å². The highest BCUT2D eigenvalue weighted by Crippen LogP contribution is 2.28. The molecule has 6 heteroatoms. The van der Waals surface area contributed by atoms with Crippen molar-refractivity contribution in [1.29, 1.82) is 0 Å². The maximum absolute atomic E-state index is 4.16. The van der Waals surface area contributed by atoms with Gasteiger partial charge in [-0.2, -0.15) is 0 Å². The van der Waals surface area contributed by atoms with E-state index in [1.807, 2.05) is 30.8 Å². The van der Waals surface area contributed by atoms with Gasteiger partial charge in [-0.25, -0.2) is 0 Å². The molecular weight excluding hydrogens is 228 g/mol. The minimum absolute atomic E-state index is 0.668. The van der Waals surface area contributed by atoms with Gasteiger partial charge in [0.1, 0.15) is 0 Å². The Morgan fingerprint density at radius 1 is 1.53 bits per heavy atom. The maximum atomic E-state index is 4.16. The van der Waals surface area contributed by atoms with Crippen LogP contribution in [0.1, 0.15) is 12.8 Å². The molecule has 0 amide bonds. The van der Waals surface area contributed by atoms with E-state index in [9.17, 15) is 0 Å². The second kappa shape index (κ2) is 5.14. The Labute approximate surface area is 98.5 Å².